The molecule has 0 bridgehead atoms. The minimum absolute atomic E-state index is 0.0550. The lowest BCUT2D eigenvalue weighted by Crippen LogP contribution is -2.05. The van der Waals surface area contributed by atoms with Crippen LogP contribution in [0.1, 0.15) is 10.4 Å². The van der Waals surface area contributed by atoms with Crippen molar-refractivity contribution >= 4 is 17.5 Å². The Labute approximate surface area is 149 Å². The highest BCUT2D eigenvalue weighted by Crippen LogP contribution is 2.26. The van der Waals surface area contributed by atoms with Crippen molar-refractivity contribution in [3.05, 3.63) is 60.4 Å². The van der Waals surface area contributed by atoms with Gasteiger partial charge < -0.3 is 9.47 Å². The lowest BCUT2D eigenvalue weighted by atomic mass is 10.1. The largest absolute Gasteiger partial charge is 0.497 e. The van der Waals surface area contributed by atoms with Crippen LogP contribution in [0.25, 0.3) is 5.69 Å². The van der Waals surface area contributed by atoms with Crippen LogP contribution in [0.5, 0.6) is 11.5 Å². The van der Waals surface area contributed by atoms with Gasteiger partial charge in [-0.1, -0.05) is 30.0 Å². The van der Waals surface area contributed by atoms with Gasteiger partial charge in [0.15, 0.2) is 5.78 Å². The van der Waals surface area contributed by atoms with Gasteiger partial charge >= 0.3 is 0 Å². The van der Waals surface area contributed by atoms with E-state index in [0.29, 0.717) is 22.2 Å². The number of hydrogen-bond acceptors (Lipinski definition) is 6. The van der Waals surface area contributed by atoms with E-state index >= 15 is 0 Å². The second-order valence-electron chi connectivity index (χ2n) is 5.09. The van der Waals surface area contributed by atoms with Gasteiger partial charge in [0.05, 0.1) is 31.2 Å². The Morgan fingerprint density at radius 2 is 1.92 bits per heavy atom. The first-order valence-electron chi connectivity index (χ1n) is 7.56. The maximum atomic E-state index is 12.5. The molecule has 0 atom stereocenters. The van der Waals surface area contributed by atoms with Gasteiger partial charge in [0.2, 0.25) is 5.16 Å². The number of benzene rings is 2. The van der Waals surface area contributed by atoms with Crippen LogP contribution in [-0.4, -0.2) is 40.5 Å². The molecule has 0 saturated carbocycles. The summed E-state index contributed by atoms with van der Waals surface area (Å²) in [4.78, 5) is 16.7. The number of para-hydroxylation sites is 1. The normalized spacial score (nSPS) is 10.5. The van der Waals surface area contributed by atoms with Gasteiger partial charge in [0.25, 0.3) is 0 Å². The Kier molecular flexibility index (Phi) is 5.35. The van der Waals surface area contributed by atoms with Crippen molar-refractivity contribution in [2.45, 2.75) is 5.16 Å². The van der Waals surface area contributed by atoms with Crippen LogP contribution in [0.4, 0.5) is 0 Å². The molecule has 0 amide bonds. The third-order valence-electron chi connectivity index (χ3n) is 3.53. The summed E-state index contributed by atoms with van der Waals surface area (Å²) in [6, 6.07) is 14.8. The zero-order chi connectivity index (χ0) is 17.6. The number of methoxy groups -OCH3 is 2. The van der Waals surface area contributed by atoms with Gasteiger partial charge in [-0.25, -0.2) is 9.67 Å². The Bertz CT molecular complexity index is 865. The maximum absolute atomic E-state index is 12.5. The first-order valence-corrected chi connectivity index (χ1v) is 8.55. The lowest BCUT2D eigenvalue weighted by molar-refractivity contribution is 0.101. The number of carbonyl (C=O) groups is 1. The van der Waals surface area contributed by atoms with Crippen molar-refractivity contribution in [3.63, 3.8) is 0 Å². The Balaban J connectivity index is 1.68. The lowest BCUT2D eigenvalue weighted by Gasteiger charge is -2.09. The van der Waals surface area contributed by atoms with Crippen LogP contribution >= 0.6 is 11.8 Å². The van der Waals surface area contributed by atoms with Gasteiger partial charge in [-0.15, -0.1) is 5.10 Å². The van der Waals surface area contributed by atoms with Crippen molar-refractivity contribution < 1.29 is 14.3 Å². The van der Waals surface area contributed by atoms with Crippen LogP contribution in [0.2, 0.25) is 0 Å². The fraction of sp³-hybridized carbons (Fsp3) is 0.167. The van der Waals surface area contributed by atoms with Gasteiger partial charge in [-0.2, -0.15) is 0 Å². The number of nitrogens with zero attached hydrogens (tertiary/aromatic N) is 3. The molecule has 2 aromatic carbocycles. The SMILES string of the molecule is COc1ccc(C(=O)CSc2ncn(-c3ccccc3)n2)c(OC)c1. The van der Waals surface area contributed by atoms with Gasteiger partial charge in [0.1, 0.15) is 17.8 Å². The van der Waals surface area contributed by atoms with E-state index in [0.717, 1.165) is 5.69 Å². The molecule has 0 N–H and O–H groups in total. The summed E-state index contributed by atoms with van der Waals surface area (Å²) in [6.07, 6.45) is 1.64. The maximum Gasteiger partial charge on any atom is 0.209 e. The van der Waals surface area contributed by atoms with E-state index in [2.05, 4.69) is 10.1 Å². The summed E-state index contributed by atoms with van der Waals surface area (Å²) in [6.45, 7) is 0. The zero-order valence-corrected chi connectivity index (χ0v) is 14.7. The third kappa shape index (κ3) is 4.00. The first kappa shape index (κ1) is 17.0. The summed E-state index contributed by atoms with van der Waals surface area (Å²) in [5.74, 6) is 1.30. The number of ketones is 1. The smallest absolute Gasteiger partial charge is 0.209 e. The first-order chi connectivity index (χ1) is 12.2. The number of thioether (sulfide) groups is 1. The van der Waals surface area contributed by atoms with E-state index < -0.39 is 0 Å². The number of rotatable bonds is 7. The predicted octanol–water partition coefficient (Wildman–Crippen LogP) is 3.26. The number of ether oxygens (including phenoxy) is 2. The molecular weight excluding hydrogens is 338 g/mol. The van der Waals surface area contributed by atoms with E-state index in [1.165, 1.54) is 18.9 Å². The molecule has 6 nitrogen and oxygen atoms in total. The third-order valence-corrected chi connectivity index (χ3v) is 4.38. The topological polar surface area (TPSA) is 66.2 Å². The molecule has 0 aliphatic rings. The van der Waals surface area contributed by atoms with E-state index in [4.69, 9.17) is 9.47 Å². The van der Waals surface area contributed by atoms with Gasteiger partial charge in [0, 0.05) is 6.07 Å². The second-order valence-corrected chi connectivity index (χ2v) is 6.03. The minimum atomic E-state index is -0.0550. The predicted molar refractivity (Wildman–Crippen MR) is 96.0 cm³/mol. The summed E-state index contributed by atoms with van der Waals surface area (Å²) in [5, 5.41) is 4.93. The quantitative estimate of drug-likeness (QED) is 0.479. The molecule has 1 aromatic heterocycles. The molecule has 0 fully saturated rings. The second kappa shape index (κ2) is 7.85. The van der Waals surface area contributed by atoms with Crippen molar-refractivity contribution in [1.29, 1.82) is 0 Å². The fourth-order valence-electron chi connectivity index (χ4n) is 2.26. The summed E-state index contributed by atoms with van der Waals surface area (Å²) < 4.78 is 12.1. The Morgan fingerprint density at radius 1 is 1.12 bits per heavy atom. The van der Waals surface area contributed by atoms with E-state index in [1.54, 1.807) is 36.3 Å². The number of Topliss-reactive ketones (excluding diaryl/α,β-unsaturated/α-hetero) is 1. The van der Waals surface area contributed by atoms with E-state index in [1.807, 2.05) is 30.3 Å². The molecular formula is C18H17N3O3S. The number of carbonyl (C=O) groups excluding carboxylic acids is 1. The van der Waals surface area contributed by atoms with Crippen molar-refractivity contribution in [1.82, 2.24) is 14.8 Å². The highest BCUT2D eigenvalue weighted by atomic mass is 32.2. The molecule has 128 valence electrons. The Morgan fingerprint density at radius 3 is 2.64 bits per heavy atom. The molecule has 0 unspecified atom stereocenters. The molecule has 3 rings (SSSR count). The molecule has 25 heavy (non-hydrogen) atoms. The number of aromatic nitrogens is 3. The summed E-state index contributed by atoms with van der Waals surface area (Å²) in [7, 11) is 3.10. The highest BCUT2D eigenvalue weighted by molar-refractivity contribution is 7.99. The summed E-state index contributed by atoms with van der Waals surface area (Å²) >= 11 is 1.29. The standard InChI is InChI=1S/C18H17N3O3S/c1-23-14-8-9-15(17(10-14)24-2)16(22)11-25-18-19-12-21(20-18)13-6-4-3-5-7-13/h3-10,12H,11H2,1-2H3. The van der Waals surface area contributed by atoms with Crippen molar-refractivity contribution in [3.8, 4) is 17.2 Å². The van der Waals surface area contributed by atoms with Gasteiger partial charge in [-0.05, 0) is 24.3 Å². The van der Waals surface area contributed by atoms with Crippen LogP contribution < -0.4 is 9.47 Å². The molecule has 7 heteroatoms. The molecule has 0 aliphatic heterocycles. The fourth-order valence-corrected chi connectivity index (χ4v) is 2.94. The Hall–Kier alpha value is -2.80. The zero-order valence-electron chi connectivity index (χ0n) is 13.9. The average Bonchev–Trinajstić information content (AvgIpc) is 3.15. The molecule has 0 aliphatic carbocycles. The number of hydrogen-bond donors (Lipinski definition) is 0. The van der Waals surface area contributed by atoms with Gasteiger partial charge in [-0.3, -0.25) is 4.79 Å². The average molecular weight is 355 g/mol. The van der Waals surface area contributed by atoms with E-state index in [-0.39, 0.29) is 11.5 Å². The van der Waals surface area contributed by atoms with Crippen LogP contribution in [-0.2, 0) is 0 Å². The van der Waals surface area contributed by atoms with Crippen LogP contribution in [0.15, 0.2) is 60.0 Å². The summed E-state index contributed by atoms with van der Waals surface area (Å²) in [5.41, 5.74) is 1.43. The molecule has 0 saturated heterocycles. The molecule has 3 aromatic rings. The van der Waals surface area contributed by atoms with Crippen molar-refractivity contribution in [2.75, 3.05) is 20.0 Å². The van der Waals surface area contributed by atoms with Crippen molar-refractivity contribution in [2.24, 2.45) is 0 Å². The highest BCUT2D eigenvalue weighted by Gasteiger charge is 2.15. The molecule has 0 radical (unpaired) electrons. The molecule has 0 spiro atoms. The minimum Gasteiger partial charge on any atom is -0.497 e. The van der Waals surface area contributed by atoms with Crippen LogP contribution in [0.3, 0.4) is 0 Å². The van der Waals surface area contributed by atoms with E-state index in [9.17, 15) is 4.79 Å². The molecule has 1 heterocycles. The monoisotopic (exact) mass is 355 g/mol. The van der Waals surface area contributed by atoms with Crippen LogP contribution in [0, 0.1) is 0 Å².